The van der Waals surface area contributed by atoms with Gasteiger partial charge in [-0.25, -0.2) is 4.39 Å². The van der Waals surface area contributed by atoms with E-state index in [-0.39, 0.29) is 36.1 Å². The smallest absolute Gasteiger partial charge is 0.229 e. The molecule has 3 nitrogen and oxygen atoms in total. The summed E-state index contributed by atoms with van der Waals surface area (Å²) < 4.78 is 13.2. The Morgan fingerprint density at radius 2 is 1.95 bits per heavy atom. The molecule has 5 heteroatoms. The van der Waals surface area contributed by atoms with Gasteiger partial charge in [-0.05, 0) is 37.0 Å². The number of carbonyl (C=O) groups is 1. The van der Waals surface area contributed by atoms with E-state index < -0.39 is 0 Å². The quantitative estimate of drug-likeness (QED) is 0.876. The Morgan fingerprint density at radius 1 is 1.33 bits per heavy atom. The number of amides is 1. The lowest BCUT2D eigenvalue weighted by molar-refractivity contribution is -0.131. The van der Waals surface area contributed by atoms with E-state index in [0.717, 1.165) is 6.42 Å². The number of hydrogen-bond donors (Lipinski definition) is 1. The van der Waals surface area contributed by atoms with E-state index >= 15 is 0 Å². The van der Waals surface area contributed by atoms with Crippen molar-refractivity contribution in [1.82, 2.24) is 4.90 Å². The zero-order valence-corrected chi connectivity index (χ0v) is 14.0. The molecule has 0 aromatic heterocycles. The highest BCUT2D eigenvalue weighted by molar-refractivity contribution is 5.85. The summed E-state index contributed by atoms with van der Waals surface area (Å²) >= 11 is 0. The fraction of sp³-hybridized carbons (Fsp3) is 0.562. The normalized spacial score (nSPS) is 13.5. The molecule has 0 saturated carbocycles. The highest BCUT2D eigenvalue weighted by Gasteiger charge is 2.20. The zero-order valence-electron chi connectivity index (χ0n) is 13.2. The third-order valence-corrected chi connectivity index (χ3v) is 3.75. The molecule has 2 atom stereocenters. The first-order valence-corrected chi connectivity index (χ1v) is 7.09. The Labute approximate surface area is 133 Å². The van der Waals surface area contributed by atoms with Crippen molar-refractivity contribution in [3.8, 4) is 0 Å². The second kappa shape index (κ2) is 9.00. The lowest BCUT2D eigenvalue weighted by Crippen LogP contribution is -2.36. The first kappa shape index (κ1) is 19.9. The molecule has 0 aliphatic carbocycles. The zero-order chi connectivity index (χ0) is 15.3. The second-order valence-electron chi connectivity index (χ2n) is 5.73. The molecule has 0 aliphatic heterocycles. The standard InChI is InChI=1S/C16H25FN2O.ClH/c1-11(2)15(18)8-9-19(4)16(20)12(3)13-6-5-7-14(17)10-13;/h5-7,10-12,15H,8-9,18H2,1-4H3;1H. The third kappa shape index (κ3) is 6.02. The Kier molecular flexibility index (Phi) is 8.52. The minimum Gasteiger partial charge on any atom is -0.345 e. The fourth-order valence-electron chi connectivity index (χ4n) is 2.04. The molecule has 2 N–H and O–H groups in total. The van der Waals surface area contributed by atoms with Crippen molar-refractivity contribution in [1.29, 1.82) is 0 Å². The number of nitrogens with zero attached hydrogens (tertiary/aromatic N) is 1. The van der Waals surface area contributed by atoms with Crippen LogP contribution >= 0.6 is 12.4 Å². The van der Waals surface area contributed by atoms with Crippen molar-refractivity contribution in [3.63, 3.8) is 0 Å². The van der Waals surface area contributed by atoms with Crippen LogP contribution < -0.4 is 5.73 Å². The number of likely N-dealkylation sites (N-methyl/N-ethyl adjacent to an activating group) is 1. The van der Waals surface area contributed by atoms with Gasteiger partial charge in [0.25, 0.3) is 0 Å². The van der Waals surface area contributed by atoms with Crippen LogP contribution in [0.4, 0.5) is 4.39 Å². The number of carbonyl (C=O) groups excluding carboxylic acids is 1. The van der Waals surface area contributed by atoms with Gasteiger partial charge in [-0.2, -0.15) is 0 Å². The minimum atomic E-state index is -0.342. The van der Waals surface area contributed by atoms with Gasteiger partial charge in [-0.1, -0.05) is 26.0 Å². The molecule has 0 heterocycles. The lowest BCUT2D eigenvalue weighted by atomic mass is 9.98. The van der Waals surface area contributed by atoms with Crippen molar-refractivity contribution in [2.45, 2.75) is 39.2 Å². The lowest BCUT2D eigenvalue weighted by Gasteiger charge is -2.24. The Morgan fingerprint density at radius 3 is 2.48 bits per heavy atom. The second-order valence-corrected chi connectivity index (χ2v) is 5.73. The average Bonchev–Trinajstić information content (AvgIpc) is 2.42. The van der Waals surface area contributed by atoms with Crippen LogP contribution in [0.2, 0.25) is 0 Å². The van der Waals surface area contributed by atoms with E-state index in [9.17, 15) is 9.18 Å². The predicted molar refractivity (Wildman–Crippen MR) is 87.1 cm³/mol. The molecule has 2 unspecified atom stereocenters. The summed E-state index contributed by atoms with van der Waals surface area (Å²) in [7, 11) is 1.77. The fourth-order valence-corrected chi connectivity index (χ4v) is 2.04. The van der Waals surface area contributed by atoms with E-state index in [4.69, 9.17) is 5.73 Å². The molecule has 1 amide bonds. The number of rotatable bonds is 6. The molecule has 0 fully saturated rings. The third-order valence-electron chi connectivity index (χ3n) is 3.75. The Balaban J connectivity index is 0.00000400. The van der Waals surface area contributed by atoms with Gasteiger partial charge in [-0.3, -0.25) is 4.79 Å². The number of hydrogen-bond acceptors (Lipinski definition) is 2. The number of nitrogens with two attached hydrogens (primary N) is 1. The van der Waals surface area contributed by atoms with E-state index in [1.54, 1.807) is 31.0 Å². The van der Waals surface area contributed by atoms with Crippen LogP contribution in [0.15, 0.2) is 24.3 Å². The maximum atomic E-state index is 13.2. The van der Waals surface area contributed by atoms with Gasteiger partial charge in [0.2, 0.25) is 5.91 Å². The van der Waals surface area contributed by atoms with Crippen LogP contribution in [0.3, 0.4) is 0 Å². The van der Waals surface area contributed by atoms with Crippen LogP contribution in [0.5, 0.6) is 0 Å². The van der Waals surface area contributed by atoms with Gasteiger partial charge in [0, 0.05) is 19.6 Å². The molecule has 0 radical (unpaired) electrons. The average molecular weight is 317 g/mol. The van der Waals surface area contributed by atoms with Crippen molar-refractivity contribution >= 4 is 18.3 Å². The van der Waals surface area contributed by atoms with Crippen molar-refractivity contribution in [3.05, 3.63) is 35.6 Å². The summed E-state index contributed by atoms with van der Waals surface area (Å²) in [5.41, 5.74) is 6.69. The molecule has 0 saturated heterocycles. The molecule has 0 aliphatic rings. The molecular formula is C16H26ClFN2O. The number of benzene rings is 1. The highest BCUT2D eigenvalue weighted by atomic mass is 35.5. The Bertz CT molecular complexity index is 454. The van der Waals surface area contributed by atoms with Gasteiger partial charge in [0.05, 0.1) is 5.92 Å². The van der Waals surface area contributed by atoms with Crippen LogP contribution in [0.1, 0.15) is 38.7 Å². The van der Waals surface area contributed by atoms with Crippen LogP contribution in [0.25, 0.3) is 0 Å². The van der Waals surface area contributed by atoms with Crippen molar-refractivity contribution in [2.75, 3.05) is 13.6 Å². The summed E-state index contributed by atoms with van der Waals surface area (Å²) in [5, 5.41) is 0. The Hall–Kier alpha value is -1.13. The van der Waals surface area contributed by atoms with E-state index in [1.807, 2.05) is 0 Å². The first-order valence-electron chi connectivity index (χ1n) is 7.09. The van der Waals surface area contributed by atoms with Crippen molar-refractivity contribution < 1.29 is 9.18 Å². The molecule has 1 aromatic carbocycles. The highest BCUT2D eigenvalue weighted by Crippen LogP contribution is 2.18. The van der Waals surface area contributed by atoms with Gasteiger partial charge >= 0.3 is 0 Å². The summed E-state index contributed by atoms with van der Waals surface area (Å²) in [5.74, 6) is -0.261. The van der Waals surface area contributed by atoms with Gasteiger partial charge < -0.3 is 10.6 Å². The molecule has 0 spiro atoms. The first-order chi connectivity index (χ1) is 9.32. The summed E-state index contributed by atoms with van der Waals surface area (Å²) in [4.78, 5) is 14.0. The maximum Gasteiger partial charge on any atom is 0.229 e. The van der Waals surface area contributed by atoms with Gasteiger partial charge in [0.15, 0.2) is 0 Å². The summed E-state index contributed by atoms with van der Waals surface area (Å²) in [6.45, 7) is 6.57. The molecule has 120 valence electrons. The SMILES string of the molecule is CC(C(=O)N(C)CCC(N)C(C)C)c1cccc(F)c1.Cl. The van der Waals surface area contributed by atoms with Crippen LogP contribution in [-0.2, 0) is 4.79 Å². The van der Waals surface area contributed by atoms with Crippen LogP contribution in [-0.4, -0.2) is 30.4 Å². The predicted octanol–water partition coefficient (Wildman–Crippen LogP) is 3.18. The molecule has 1 rings (SSSR count). The topological polar surface area (TPSA) is 46.3 Å². The molecular weight excluding hydrogens is 291 g/mol. The molecule has 0 bridgehead atoms. The number of halogens is 2. The van der Waals surface area contributed by atoms with Crippen molar-refractivity contribution in [2.24, 2.45) is 11.7 Å². The van der Waals surface area contributed by atoms with Gasteiger partial charge in [0.1, 0.15) is 5.82 Å². The van der Waals surface area contributed by atoms with E-state index in [0.29, 0.717) is 18.0 Å². The summed E-state index contributed by atoms with van der Waals surface area (Å²) in [6.07, 6.45) is 0.774. The molecule has 1 aromatic rings. The summed E-state index contributed by atoms with van der Waals surface area (Å²) in [6, 6.07) is 6.29. The van der Waals surface area contributed by atoms with E-state index in [2.05, 4.69) is 13.8 Å². The maximum absolute atomic E-state index is 13.2. The van der Waals surface area contributed by atoms with Gasteiger partial charge in [-0.15, -0.1) is 12.4 Å². The molecule has 21 heavy (non-hydrogen) atoms. The minimum absolute atomic E-state index is 0. The largest absolute Gasteiger partial charge is 0.345 e. The van der Waals surface area contributed by atoms with Crippen LogP contribution in [0, 0.1) is 11.7 Å². The van der Waals surface area contributed by atoms with E-state index in [1.165, 1.54) is 12.1 Å². The monoisotopic (exact) mass is 316 g/mol.